The number of benzene rings is 1. The molecule has 1 aromatic heterocycles. The monoisotopic (exact) mass is 454 g/mol. The molecule has 0 aliphatic heterocycles. The second-order valence-corrected chi connectivity index (χ2v) is 9.11. The van der Waals surface area contributed by atoms with Gasteiger partial charge >= 0.3 is 0 Å². The van der Waals surface area contributed by atoms with Crippen molar-refractivity contribution in [2.75, 3.05) is 11.9 Å². The summed E-state index contributed by atoms with van der Waals surface area (Å²) < 4.78 is 5.60. The van der Waals surface area contributed by atoms with Gasteiger partial charge in [0.05, 0.1) is 17.2 Å². The largest absolute Gasteiger partial charge is 0.492 e. The molecule has 0 radical (unpaired) electrons. The summed E-state index contributed by atoms with van der Waals surface area (Å²) in [6, 6.07) is 5.00. The number of nitrogens with two attached hydrogens (primary N) is 1. The van der Waals surface area contributed by atoms with Crippen molar-refractivity contribution in [3.8, 4) is 5.75 Å². The summed E-state index contributed by atoms with van der Waals surface area (Å²) in [5, 5.41) is 4.42. The minimum Gasteiger partial charge on any atom is -0.492 e. The zero-order valence-electron chi connectivity index (χ0n) is 16.2. The van der Waals surface area contributed by atoms with Crippen LogP contribution in [0.3, 0.4) is 0 Å². The lowest BCUT2D eigenvalue weighted by atomic mass is 9.85. The molecule has 0 saturated heterocycles. The number of nitrogens with one attached hydrogen (secondary N) is 1. The molecule has 1 atom stereocenters. The number of anilines is 1. The van der Waals surface area contributed by atoms with Crippen molar-refractivity contribution in [2.45, 2.75) is 45.4 Å². The van der Waals surface area contributed by atoms with Gasteiger partial charge < -0.3 is 15.8 Å². The van der Waals surface area contributed by atoms with E-state index in [9.17, 15) is 9.59 Å². The number of hydrogen-bond acceptors (Lipinski definition) is 4. The molecule has 0 fully saturated rings. The zero-order valence-corrected chi connectivity index (χ0v) is 18.6. The van der Waals surface area contributed by atoms with Crippen molar-refractivity contribution in [2.24, 2.45) is 11.7 Å². The van der Waals surface area contributed by atoms with E-state index < -0.39 is 5.91 Å². The number of halogens is 2. The predicted molar refractivity (Wildman–Crippen MR) is 118 cm³/mol. The minimum absolute atomic E-state index is 0.163. The Morgan fingerprint density at radius 3 is 2.83 bits per heavy atom. The molecule has 1 aliphatic carbocycles. The molecule has 2 amide bonds. The number of thiophene rings is 1. The fourth-order valence-electron chi connectivity index (χ4n) is 3.55. The normalized spacial score (nSPS) is 15.6. The van der Waals surface area contributed by atoms with Gasteiger partial charge in [0.25, 0.3) is 5.91 Å². The molecule has 156 valence electrons. The summed E-state index contributed by atoms with van der Waals surface area (Å²) in [7, 11) is 0. The number of rotatable bonds is 8. The molecule has 1 aromatic carbocycles. The van der Waals surface area contributed by atoms with E-state index in [2.05, 4.69) is 12.2 Å². The van der Waals surface area contributed by atoms with E-state index in [1.807, 2.05) is 0 Å². The molecule has 29 heavy (non-hydrogen) atoms. The summed E-state index contributed by atoms with van der Waals surface area (Å²) in [4.78, 5) is 25.6. The van der Waals surface area contributed by atoms with Crippen molar-refractivity contribution in [1.82, 2.24) is 0 Å². The Hall–Kier alpha value is -1.76. The Morgan fingerprint density at radius 1 is 1.34 bits per heavy atom. The van der Waals surface area contributed by atoms with Crippen LogP contribution in [0.15, 0.2) is 18.2 Å². The van der Waals surface area contributed by atoms with Crippen LogP contribution in [0.25, 0.3) is 0 Å². The van der Waals surface area contributed by atoms with Gasteiger partial charge in [-0.2, -0.15) is 0 Å². The molecular formula is C21H24Cl2N2O3S. The number of carbonyl (C=O) groups excluding carboxylic acids is 2. The van der Waals surface area contributed by atoms with E-state index in [1.54, 1.807) is 18.2 Å². The van der Waals surface area contributed by atoms with Crippen molar-refractivity contribution in [1.29, 1.82) is 0 Å². The third kappa shape index (κ3) is 5.44. The van der Waals surface area contributed by atoms with Gasteiger partial charge in [-0.15, -0.1) is 11.3 Å². The van der Waals surface area contributed by atoms with Gasteiger partial charge in [0.15, 0.2) is 0 Å². The summed E-state index contributed by atoms with van der Waals surface area (Å²) >= 11 is 13.4. The van der Waals surface area contributed by atoms with Crippen LogP contribution in [-0.4, -0.2) is 18.4 Å². The molecule has 2 aromatic rings. The number of ether oxygens (including phenoxy) is 1. The highest BCUT2D eigenvalue weighted by molar-refractivity contribution is 7.17. The molecule has 1 aliphatic rings. The van der Waals surface area contributed by atoms with Crippen LogP contribution in [0, 0.1) is 5.92 Å². The van der Waals surface area contributed by atoms with E-state index in [1.165, 1.54) is 16.2 Å². The first-order valence-electron chi connectivity index (χ1n) is 9.71. The molecule has 0 bridgehead atoms. The predicted octanol–water partition coefficient (Wildman–Crippen LogP) is 5.47. The van der Waals surface area contributed by atoms with Crippen molar-refractivity contribution >= 4 is 51.4 Å². The second kappa shape index (κ2) is 9.83. The van der Waals surface area contributed by atoms with E-state index in [0.717, 1.165) is 31.2 Å². The van der Waals surface area contributed by atoms with Gasteiger partial charge in [0.1, 0.15) is 10.8 Å². The van der Waals surface area contributed by atoms with Crippen LogP contribution in [0.4, 0.5) is 5.00 Å². The van der Waals surface area contributed by atoms with Crippen LogP contribution in [0.1, 0.15) is 53.4 Å². The van der Waals surface area contributed by atoms with Gasteiger partial charge in [-0.3, -0.25) is 9.59 Å². The highest BCUT2D eigenvalue weighted by Gasteiger charge is 2.28. The van der Waals surface area contributed by atoms with Crippen LogP contribution < -0.4 is 15.8 Å². The molecule has 0 spiro atoms. The van der Waals surface area contributed by atoms with Crippen LogP contribution in [-0.2, 0) is 17.6 Å². The molecule has 3 rings (SSSR count). The average Bonchev–Trinajstić information content (AvgIpc) is 3.03. The van der Waals surface area contributed by atoms with E-state index >= 15 is 0 Å². The molecule has 8 heteroatoms. The first-order valence-corrected chi connectivity index (χ1v) is 11.3. The van der Waals surface area contributed by atoms with Gasteiger partial charge in [0, 0.05) is 16.3 Å². The summed E-state index contributed by atoms with van der Waals surface area (Å²) in [5.41, 5.74) is 7.11. The van der Waals surface area contributed by atoms with Crippen LogP contribution in [0.5, 0.6) is 5.75 Å². The zero-order chi connectivity index (χ0) is 21.0. The number of fused-ring (bicyclic) bond motifs is 1. The van der Waals surface area contributed by atoms with Crippen LogP contribution in [0.2, 0.25) is 10.0 Å². The van der Waals surface area contributed by atoms with Gasteiger partial charge in [-0.05, 0) is 55.4 Å². The Balaban J connectivity index is 1.56. The average molecular weight is 455 g/mol. The van der Waals surface area contributed by atoms with E-state index in [0.29, 0.717) is 45.3 Å². The minimum atomic E-state index is -0.478. The lowest BCUT2D eigenvalue weighted by molar-refractivity contribution is -0.116. The summed E-state index contributed by atoms with van der Waals surface area (Å²) in [6.07, 6.45) is 4.74. The van der Waals surface area contributed by atoms with E-state index in [-0.39, 0.29) is 12.3 Å². The number of primary amides is 1. The van der Waals surface area contributed by atoms with Gasteiger partial charge in [0.2, 0.25) is 5.91 Å². The lowest BCUT2D eigenvalue weighted by Crippen LogP contribution is -2.20. The Bertz CT molecular complexity index is 914. The quantitative estimate of drug-likeness (QED) is 0.518. The number of carbonyl (C=O) groups is 2. The molecular weight excluding hydrogens is 431 g/mol. The fraction of sp³-hybridized carbons (Fsp3) is 0.429. The van der Waals surface area contributed by atoms with Crippen LogP contribution >= 0.6 is 34.5 Å². The maximum Gasteiger partial charge on any atom is 0.251 e. The standard InChI is InChI=1S/C21H24Cl2N2O3S/c1-2-12-5-7-14-17(10-12)29-21(19(14)20(24)27)25-18(26)4-3-9-28-16-8-6-13(22)11-15(16)23/h6,8,11-12H,2-5,7,9-10H2,1H3,(H2,24,27)(H,25,26)/t12-/m0/s1. The smallest absolute Gasteiger partial charge is 0.251 e. The van der Waals surface area contributed by atoms with Gasteiger partial charge in [-0.25, -0.2) is 0 Å². The highest BCUT2D eigenvalue weighted by atomic mass is 35.5. The number of amides is 2. The Labute approximate surface area is 184 Å². The summed E-state index contributed by atoms with van der Waals surface area (Å²) in [6.45, 7) is 2.52. The third-order valence-corrected chi connectivity index (χ3v) is 6.84. The fourth-order valence-corrected chi connectivity index (χ4v) is 5.39. The number of hydrogen-bond donors (Lipinski definition) is 2. The molecule has 3 N–H and O–H groups in total. The van der Waals surface area contributed by atoms with Crippen molar-refractivity contribution in [3.05, 3.63) is 44.2 Å². The molecule has 0 unspecified atom stereocenters. The Morgan fingerprint density at radius 2 is 2.14 bits per heavy atom. The maximum absolute atomic E-state index is 12.4. The SMILES string of the molecule is CC[C@H]1CCc2c(sc(NC(=O)CCCOc3ccc(Cl)cc3Cl)c2C(N)=O)C1. The second-order valence-electron chi connectivity index (χ2n) is 7.16. The highest BCUT2D eigenvalue weighted by Crippen LogP contribution is 2.40. The topological polar surface area (TPSA) is 81.4 Å². The molecule has 0 saturated carbocycles. The first-order chi connectivity index (χ1) is 13.9. The summed E-state index contributed by atoms with van der Waals surface area (Å²) in [5.74, 6) is 0.517. The van der Waals surface area contributed by atoms with Gasteiger partial charge in [-0.1, -0.05) is 36.5 Å². The van der Waals surface area contributed by atoms with E-state index in [4.69, 9.17) is 33.7 Å². The third-order valence-electron chi connectivity index (χ3n) is 5.14. The molecule has 5 nitrogen and oxygen atoms in total. The maximum atomic E-state index is 12.4. The lowest BCUT2D eigenvalue weighted by Gasteiger charge is -2.20. The molecule has 1 heterocycles. The van der Waals surface area contributed by atoms with Crippen molar-refractivity contribution in [3.63, 3.8) is 0 Å². The Kier molecular flexibility index (Phi) is 7.44. The van der Waals surface area contributed by atoms with Crippen molar-refractivity contribution < 1.29 is 14.3 Å². The first kappa shape index (κ1) is 21.9.